The van der Waals surface area contributed by atoms with E-state index in [1.54, 1.807) is 29.2 Å². The van der Waals surface area contributed by atoms with Gasteiger partial charge in [0.25, 0.3) is 0 Å². The Bertz CT molecular complexity index is 1290. The largest absolute Gasteiger partial charge is 0.508 e. The minimum atomic E-state index is -0.0231. The Balaban J connectivity index is 1.65. The number of amides is 1. The number of benzene rings is 3. The van der Waals surface area contributed by atoms with E-state index in [9.17, 15) is 14.7 Å². The van der Waals surface area contributed by atoms with Crippen LogP contribution in [-0.2, 0) is 17.8 Å². The minimum absolute atomic E-state index is 0.00321. The SMILES string of the molecule is O=C(Cc1ccc(O)cc1)N1CCn2c3ccccc3c(=O)c3cccc1c32. The fourth-order valence-electron chi connectivity index (χ4n) is 4.08. The molecule has 2 heterocycles. The fourth-order valence-corrected chi connectivity index (χ4v) is 4.08. The van der Waals surface area contributed by atoms with Gasteiger partial charge in [-0.05, 0) is 42.0 Å². The average molecular weight is 370 g/mol. The number of carbonyl (C=O) groups excluding carboxylic acids is 1. The zero-order chi connectivity index (χ0) is 19.3. The Morgan fingerprint density at radius 3 is 2.46 bits per heavy atom. The Hall–Kier alpha value is -3.60. The molecule has 4 aromatic rings. The van der Waals surface area contributed by atoms with Crippen LogP contribution in [0, 0.1) is 0 Å². The molecule has 0 fully saturated rings. The number of aromatic hydroxyl groups is 1. The van der Waals surface area contributed by atoms with E-state index < -0.39 is 0 Å². The molecule has 0 atom stereocenters. The number of anilines is 1. The predicted molar refractivity (Wildman–Crippen MR) is 110 cm³/mol. The lowest BCUT2D eigenvalue weighted by Crippen LogP contribution is -2.38. The summed E-state index contributed by atoms with van der Waals surface area (Å²) in [5.74, 6) is 0.157. The fraction of sp³-hybridized carbons (Fsp3) is 0.130. The molecule has 1 aliphatic rings. The Kier molecular flexibility index (Phi) is 3.69. The van der Waals surface area contributed by atoms with E-state index in [2.05, 4.69) is 4.57 Å². The van der Waals surface area contributed by atoms with E-state index >= 15 is 0 Å². The minimum Gasteiger partial charge on any atom is -0.508 e. The maximum atomic E-state index is 13.0. The number of hydrogen-bond acceptors (Lipinski definition) is 3. The first-order valence-electron chi connectivity index (χ1n) is 9.26. The van der Waals surface area contributed by atoms with Crippen molar-refractivity contribution in [3.8, 4) is 5.75 Å². The third kappa shape index (κ3) is 2.47. The maximum Gasteiger partial charge on any atom is 0.231 e. The van der Waals surface area contributed by atoms with E-state index in [0.717, 1.165) is 22.3 Å². The quantitative estimate of drug-likeness (QED) is 0.550. The van der Waals surface area contributed by atoms with Crippen molar-refractivity contribution in [1.82, 2.24) is 4.57 Å². The third-order valence-electron chi connectivity index (χ3n) is 5.40. The Morgan fingerprint density at radius 2 is 1.64 bits per heavy atom. The van der Waals surface area contributed by atoms with Gasteiger partial charge in [0.15, 0.2) is 5.43 Å². The molecule has 0 bridgehead atoms. The number of aromatic nitrogens is 1. The van der Waals surface area contributed by atoms with Crippen molar-refractivity contribution in [2.24, 2.45) is 0 Å². The van der Waals surface area contributed by atoms with E-state index in [0.29, 0.717) is 23.9 Å². The Morgan fingerprint density at radius 1 is 0.893 bits per heavy atom. The second-order valence-corrected chi connectivity index (χ2v) is 7.06. The number of nitrogens with zero attached hydrogens (tertiary/aromatic N) is 2. The molecule has 1 aliphatic heterocycles. The highest BCUT2D eigenvalue weighted by molar-refractivity contribution is 6.06. The smallest absolute Gasteiger partial charge is 0.231 e. The number of phenols is 1. The maximum absolute atomic E-state index is 13.0. The van der Waals surface area contributed by atoms with Crippen molar-refractivity contribution in [2.75, 3.05) is 11.4 Å². The molecule has 0 radical (unpaired) electrons. The zero-order valence-corrected chi connectivity index (χ0v) is 15.1. The van der Waals surface area contributed by atoms with Crippen LogP contribution in [0.25, 0.3) is 21.8 Å². The summed E-state index contributed by atoms with van der Waals surface area (Å²) < 4.78 is 2.14. The molecule has 1 N–H and O–H groups in total. The molecular formula is C23H18N2O3. The summed E-state index contributed by atoms with van der Waals surface area (Å²) in [5, 5.41) is 10.8. The molecule has 0 saturated heterocycles. The van der Waals surface area contributed by atoms with E-state index in [1.165, 1.54) is 0 Å². The van der Waals surface area contributed by atoms with Gasteiger partial charge in [0, 0.05) is 23.9 Å². The molecule has 5 heteroatoms. The molecular weight excluding hydrogens is 352 g/mol. The number of para-hydroxylation sites is 2. The number of fused-ring (bicyclic) bond motifs is 2. The molecule has 0 aliphatic carbocycles. The van der Waals surface area contributed by atoms with Gasteiger partial charge in [0.2, 0.25) is 5.91 Å². The predicted octanol–water partition coefficient (Wildman–Crippen LogP) is 3.45. The zero-order valence-electron chi connectivity index (χ0n) is 15.1. The lowest BCUT2D eigenvalue weighted by Gasteiger charge is -2.31. The van der Waals surface area contributed by atoms with Crippen LogP contribution in [-0.4, -0.2) is 22.1 Å². The van der Waals surface area contributed by atoms with Gasteiger partial charge in [-0.3, -0.25) is 9.59 Å². The van der Waals surface area contributed by atoms with Crippen LogP contribution in [0.15, 0.2) is 71.5 Å². The van der Waals surface area contributed by atoms with Crippen molar-refractivity contribution in [1.29, 1.82) is 0 Å². The third-order valence-corrected chi connectivity index (χ3v) is 5.40. The molecule has 1 amide bonds. The normalized spacial score (nSPS) is 13.2. The summed E-state index contributed by atoms with van der Waals surface area (Å²) in [7, 11) is 0. The molecule has 0 saturated carbocycles. The molecule has 28 heavy (non-hydrogen) atoms. The van der Waals surface area contributed by atoms with Gasteiger partial charge in [-0.15, -0.1) is 0 Å². The van der Waals surface area contributed by atoms with Crippen LogP contribution < -0.4 is 10.3 Å². The summed E-state index contributed by atoms with van der Waals surface area (Å²) in [5.41, 5.74) is 3.33. The Labute approximate surface area is 161 Å². The van der Waals surface area contributed by atoms with Gasteiger partial charge in [-0.2, -0.15) is 0 Å². The lowest BCUT2D eigenvalue weighted by molar-refractivity contribution is -0.118. The van der Waals surface area contributed by atoms with Crippen molar-refractivity contribution in [2.45, 2.75) is 13.0 Å². The highest BCUT2D eigenvalue weighted by Crippen LogP contribution is 2.32. The van der Waals surface area contributed by atoms with Crippen molar-refractivity contribution in [3.05, 3.63) is 82.5 Å². The van der Waals surface area contributed by atoms with Crippen LogP contribution in [0.3, 0.4) is 0 Å². The molecule has 0 spiro atoms. The summed E-state index contributed by atoms with van der Waals surface area (Å²) in [6.45, 7) is 1.19. The van der Waals surface area contributed by atoms with Crippen LogP contribution in [0.5, 0.6) is 5.75 Å². The van der Waals surface area contributed by atoms with Crippen LogP contribution in [0.4, 0.5) is 5.69 Å². The first-order chi connectivity index (χ1) is 13.6. The van der Waals surface area contributed by atoms with Crippen molar-refractivity contribution >= 4 is 33.4 Å². The van der Waals surface area contributed by atoms with Gasteiger partial charge in [0.05, 0.1) is 23.1 Å². The standard InChI is InChI=1S/C23H18N2O3/c26-16-10-8-15(9-11-16)14-21(27)24-12-13-25-19-6-2-1-4-17(19)23(28)18-5-3-7-20(24)22(18)25/h1-11,26H,12-14H2. The lowest BCUT2D eigenvalue weighted by atomic mass is 10.0. The number of hydrogen-bond donors (Lipinski definition) is 1. The van der Waals surface area contributed by atoms with Crippen LogP contribution >= 0.6 is 0 Å². The molecule has 1 aromatic heterocycles. The van der Waals surface area contributed by atoms with Crippen LogP contribution in [0.1, 0.15) is 5.56 Å². The number of phenolic OH excluding ortho intramolecular Hbond substituents is 1. The second kappa shape index (κ2) is 6.23. The van der Waals surface area contributed by atoms with E-state index in [1.807, 2.05) is 42.5 Å². The van der Waals surface area contributed by atoms with Crippen molar-refractivity contribution in [3.63, 3.8) is 0 Å². The number of pyridine rings is 1. The molecule has 5 rings (SSSR count). The number of carbonyl (C=O) groups is 1. The summed E-state index contributed by atoms with van der Waals surface area (Å²) in [6, 6.07) is 19.9. The highest BCUT2D eigenvalue weighted by atomic mass is 16.3. The molecule has 138 valence electrons. The second-order valence-electron chi connectivity index (χ2n) is 7.06. The molecule has 3 aromatic carbocycles. The van der Waals surface area contributed by atoms with E-state index in [-0.39, 0.29) is 23.5 Å². The van der Waals surface area contributed by atoms with E-state index in [4.69, 9.17) is 0 Å². The summed E-state index contributed by atoms with van der Waals surface area (Å²) in [4.78, 5) is 27.8. The van der Waals surface area contributed by atoms with Gasteiger partial charge in [0.1, 0.15) is 5.75 Å². The van der Waals surface area contributed by atoms with Gasteiger partial charge in [-0.25, -0.2) is 0 Å². The highest BCUT2D eigenvalue weighted by Gasteiger charge is 2.25. The number of rotatable bonds is 2. The van der Waals surface area contributed by atoms with Crippen molar-refractivity contribution < 1.29 is 9.90 Å². The monoisotopic (exact) mass is 370 g/mol. The summed E-state index contributed by atoms with van der Waals surface area (Å²) >= 11 is 0. The molecule has 5 nitrogen and oxygen atoms in total. The van der Waals surface area contributed by atoms with Crippen LogP contribution in [0.2, 0.25) is 0 Å². The topological polar surface area (TPSA) is 62.5 Å². The average Bonchev–Trinajstić information content (AvgIpc) is 2.73. The van der Waals surface area contributed by atoms with Gasteiger partial charge >= 0.3 is 0 Å². The summed E-state index contributed by atoms with van der Waals surface area (Å²) in [6.07, 6.45) is 0.245. The van der Waals surface area contributed by atoms with Gasteiger partial charge in [-0.1, -0.05) is 30.3 Å². The molecule has 0 unspecified atom stereocenters. The van der Waals surface area contributed by atoms with Gasteiger partial charge < -0.3 is 14.6 Å². The first-order valence-corrected chi connectivity index (χ1v) is 9.26. The first kappa shape index (κ1) is 16.6.